The summed E-state index contributed by atoms with van der Waals surface area (Å²) in [5, 5.41) is 3.34. The Labute approximate surface area is 121 Å². The molecule has 2 heterocycles. The third-order valence-corrected chi connectivity index (χ3v) is 4.12. The second-order valence-corrected chi connectivity index (χ2v) is 5.65. The molecule has 0 aromatic carbocycles. The molecule has 2 atom stereocenters. The molecular weight excluding hydrogens is 258 g/mol. The number of rotatable bonds is 5. The fourth-order valence-electron chi connectivity index (χ4n) is 2.85. The van der Waals surface area contributed by atoms with Gasteiger partial charge in [0.2, 0.25) is 5.91 Å². The minimum absolute atomic E-state index is 0.179. The predicted molar refractivity (Wildman–Crippen MR) is 76.7 cm³/mol. The van der Waals surface area contributed by atoms with E-state index in [1.165, 1.54) is 0 Å². The van der Waals surface area contributed by atoms with Gasteiger partial charge in [0.15, 0.2) is 0 Å². The van der Waals surface area contributed by atoms with E-state index in [0.717, 1.165) is 45.9 Å². The van der Waals surface area contributed by atoms with Gasteiger partial charge in [-0.25, -0.2) is 0 Å². The van der Waals surface area contributed by atoms with Gasteiger partial charge in [0, 0.05) is 58.3 Å². The highest BCUT2D eigenvalue weighted by molar-refractivity contribution is 5.77. The van der Waals surface area contributed by atoms with Gasteiger partial charge in [0.05, 0.1) is 19.8 Å². The van der Waals surface area contributed by atoms with Crippen molar-refractivity contribution in [2.45, 2.75) is 25.4 Å². The van der Waals surface area contributed by atoms with E-state index >= 15 is 0 Å². The molecule has 6 nitrogen and oxygen atoms in total. The smallest absolute Gasteiger partial charge is 0.224 e. The summed E-state index contributed by atoms with van der Waals surface area (Å²) in [5.41, 5.74) is 0. The van der Waals surface area contributed by atoms with Crippen LogP contribution in [-0.4, -0.2) is 87.4 Å². The number of nitrogens with one attached hydrogen (secondary N) is 1. The van der Waals surface area contributed by atoms with Gasteiger partial charge in [-0.15, -0.1) is 0 Å². The van der Waals surface area contributed by atoms with E-state index in [1.807, 2.05) is 4.90 Å². The normalized spacial score (nSPS) is 28.6. The van der Waals surface area contributed by atoms with Gasteiger partial charge in [-0.2, -0.15) is 0 Å². The average Bonchev–Trinajstić information content (AvgIpc) is 2.47. The van der Waals surface area contributed by atoms with E-state index in [1.54, 1.807) is 7.11 Å². The maximum Gasteiger partial charge on any atom is 0.224 e. The zero-order chi connectivity index (χ0) is 14.4. The lowest BCUT2D eigenvalue weighted by molar-refractivity contribution is -0.135. The zero-order valence-corrected chi connectivity index (χ0v) is 12.6. The van der Waals surface area contributed by atoms with Crippen LogP contribution in [0.1, 0.15) is 13.3 Å². The standard InChI is InChI=1S/C14H27N3O3/c1-12-10-17(5-4-16(12)6-8-19-2)14(18)9-13-11-20-7-3-15-13/h12-13,15H,3-11H2,1-2H3. The van der Waals surface area contributed by atoms with Crippen molar-refractivity contribution in [3.8, 4) is 0 Å². The Morgan fingerprint density at radius 3 is 2.95 bits per heavy atom. The third-order valence-electron chi connectivity index (χ3n) is 4.12. The molecule has 2 fully saturated rings. The van der Waals surface area contributed by atoms with Crippen LogP contribution in [0, 0.1) is 0 Å². The van der Waals surface area contributed by atoms with Crippen molar-refractivity contribution >= 4 is 5.91 Å². The molecule has 2 aliphatic heterocycles. The van der Waals surface area contributed by atoms with Gasteiger partial charge in [0.25, 0.3) is 0 Å². The van der Waals surface area contributed by atoms with Crippen molar-refractivity contribution < 1.29 is 14.3 Å². The number of piperazine rings is 1. The predicted octanol–water partition coefficient (Wildman–Crippen LogP) is -0.456. The van der Waals surface area contributed by atoms with Crippen LogP contribution in [0.25, 0.3) is 0 Å². The average molecular weight is 285 g/mol. The monoisotopic (exact) mass is 285 g/mol. The SMILES string of the molecule is COCCN1CCN(C(=O)CC2COCCN2)CC1C. The minimum atomic E-state index is 0.179. The minimum Gasteiger partial charge on any atom is -0.383 e. The second kappa shape index (κ2) is 7.93. The van der Waals surface area contributed by atoms with Crippen LogP contribution >= 0.6 is 0 Å². The van der Waals surface area contributed by atoms with Crippen LogP contribution in [0.5, 0.6) is 0 Å². The summed E-state index contributed by atoms with van der Waals surface area (Å²) in [7, 11) is 1.73. The molecule has 1 amide bonds. The number of carbonyl (C=O) groups excluding carboxylic acids is 1. The van der Waals surface area contributed by atoms with Gasteiger partial charge in [-0.1, -0.05) is 0 Å². The largest absolute Gasteiger partial charge is 0.383 e. The summed E-state index contributed by atoms with van der Waals surface area (Å²) in [6.07, 6.45) is 0.546. The van der Waals surface area contributed by atoms with Crippen LogP contribution < -0.4 is 5.32 Å². The summed E-state index contributed by atoms with van der Waals surface area (Å²) in [6.45, 7) is 8.69. The summed E-state index contributed by atoms with van der Waals surface area (Å²) in [4.78, 5) is 16.7. The molecule has 0 saturated carbocycles. The lowest BCUT2D eigenvalue weighted by Crippen LogP contribution is -2.55. The number of carbonyl (C=O) groups is 1. The van der Waals surface area contributed by atoms with Gasteiger partial charge < -0.3 is 19.7 Å². The number of methoxy groups -OCH3 is 1. The maximum absolute atomic E-state index is 12.3. The quantitative estimate of drug-likeness (QED) is 0.741. The maximum atomic E-state index is 12.3. The van der Waals surface area contributed by atoms with Crippen LogP contribution in [0.3, 0.4) is 0 Å². The number of hydrogen-bond acceptors (Lipinski definition) is 5. The molecule has 0 bridgehead atoms. The van der Waals surface area contributed by atoms with E-state index in [9.17, 15) is 4.79 Å². The Hall–Kier alpha value is -0.690. The van der Waals surface area contributed by atoms with E-state index in [-0.39, 0.29) is 11.9 Å². The Morgan fingerprint density at radius 1 is 1.45 bits per heavy atom. The van der Waals surface area contributed by atoms with Crippen LogP contribution in [0.4, 0.5) is 0 Å². The Kier molecular flexibility index (Phi) is 6.22. The van der Waals surface area contributed by atoms with Gasteiger partial charge in [0.1, 0.15) is 0 Å². The van der Waals surface area contributed by atoms with Gasteiger partial charge in [-0.05, 0) is 6.92 Å². The molecule has 116 valence electrons. The van der Waals surface area contributed by atoms with E-state index in [0.29, 0.717) is 19.1 Å². The first-order chi connectivity index (χ1) is 9.70. The fraction of sp³-hybridized carbons (Fsp3) is 0.929. The first-order valence-electron chi connectivity index (χ1n) is 7.52. The van der Waals surface area contributed by atoms with Crippen molar-refractivity contribution in [3.05, 3.63) is 0 Å². The molecule has 0 aromatic heterocycles. The zero-order valence-electron chi connectivity index (χ0n) is 12.6. The van der Waals surface area contributed by atoms with Gasteiger partial charge in [-0.3, -0.25) is 9.69 Å². The Morgan fingerprint density at radius 2 is 2.30 bits per heavy atom. The Balaban J connectivity index is 1.74. The van der Waals surface area contributed by atoms with Crippen molar-refractivity contribution in [3.63, 3.8) is 0 Å². The number of nitrogens with zero attached hydrogens (tertiary/aromatic N) is 2. The molecule has 0 aromatic rings. The molecule has 20 heavy (non-hydrogen) atoms. The molecular formula is C14H27N3O3. The van der Waals surface area contributed by atoms with Crippen molar-refractivity contribution in [1.29, 1.82) is 0 Å². The van der Waals surface area contributed by atoms with Crippen LogP contribution in [0.2, 0.25) is 0 Å². The summed E-state index contributed by atoms with van der Waals surface area (Å²) >= 11 is 0. The summed E-state index contributed by atoms with van der Waals surface area (Å²) < 4.78 is 10.5. The first kappa shape index (κ1) is 15.7. The highest BCUT2D eigenvalue weighted by Crippen LogP contribution is 2.11. The lowest BCUT2D eigenvalue weighted by Gasteiger charge is -2.40. The molecule has 0 radical (unpaired) electrons. The van der Waals surface area contributed by atoms with Crippen molar-refractivity contribution in [2.75, 3.05) is 59.7 Å². The molecule has 2 saturated heterocycles. The molecule has 6 heteroatoms. The highest BCUT2D eigenvalue weighted by atomic mass is 16.5. The molecule has 2 rings (SSSR count). The van der Waals surface area contributed by atoms with Crippen LogP contribution in [0.15, 0.2) is 0 Å². The molecule has 1 N–H and O–H groups in total. The molecule has 2 aliphatic rings. The number of morpholine rings is 1. The van der Waals surface area contributed by atoms with E-state index in [4.69, 9.17) is 9.47 Å². The second-order valence-electron chi connectivity index (χ2n) is 5.65. The van der Waals surface area contributed by atoms with Gasteiger partial charge >= 0.3 is 0 Å². The lowest BCUT2D eigenvalue weighted by atomic mass is 10.1. The number of hydrogen-bond donors (Lipinski definition) is 1. The number of ether oxygens (including phenoxy) is 2. The highest BCUT2D eigenvalue weighted by Gasteiger charge is 2.28. The number of amides is 1. The molecule has 0 aliphatic carbocycles. The molecule has 2 unspecified atom stereocenters. The van der Waals surface area contributed by atoms with E-state index < -0.39 is 0 Å². The topological polar surface area (TPSA) is 54.0 Å². The summed E-state index contributed by atoms with van der Waals surface area (Å²) in [5.74, 6) is 0.242. The first-order valence-corrected chi connectivity index (χ1v) is 7.52. The van der Waals surface area contributed by atoms with Crippen molar-refractivity contribution in [2.24, 2.45) is 0 Å². The van der Waals surface area contributed by atoms with Crippen LogP contribution in [-0.2, 0) is 14.3 Å². The Bertz CT molecular complexity index is 308. The summed E-state index contributed by atoms with van der Waals surface area (Å²) in [6, 6.07) is 0.580. The molecule has 0 spiro atoms. The van der Waals surface area contributed by atoms with E-state index in [2.05, 4.69) is 17.1 Å². The van der Waals surface area contributed by atoms with Crippen molar-refractivity contribution in [1.82, 2.24) is 15.1 Å². The third kappa shape index (κ3) is 4.41. The fourth-order valence-corrected chi connectivity index (χ4v) is 2.85.